The summed E-state index contributed by atoms with van der Waals surface area (Å²) in [4.78, 5) is 2.55. The maximum absolute atomic E-state index is 6.61. The Bertz CT molecular complexity index is 431. The molecule has 2 nitrogen and oxygen atoms in total. The minimum Gasteiger partial charge on any atom is -0.322 e. The Hall–Kier alpha value is -0.860. The molecule has 20 heavy (non-hydrogen) atoms. The predicted octanol–water partition coefficient (Wildman–Crippen LogP) is 3.76. The van der Waals surface area contributed by atoms with Crippen molar-refractivity contribution in [1.29, 1.82) is 0 Å². The molecule has 112 valence electrons. The molecule has 0 aliphatic carbocycles. The standard InChI is InChI=1S/C18H30N2/c1-14(2)12-15-8-7-9-16(13-15)17(19)18(3,4)20-10-5-6-11-20/h7-9,13-14,17H,5-6,10-12,19H2,1-4H3. The summed E-state index contributed by atoms with van der Waals surface area (Å²) in [6.07, 6.45) is 3.75. The molecule has 2 rings (SSSR count). The van der Waals surface area contributed by atoms with Gasteiger partial charge in [0.25, 0.3) is 0 Å². The smallest absolute Gasteiger partial charge is 0.0476 e. The Morgan fingerprint density at radius 3 is 2.45 bits per heavy atom. The molecule has 1 aromatic rings. The molecule has 0 amide bonds. The summed E-state index contributed by atoms with van der Waals surface area (Å²) < 4.78 is 0. The first-order chi connectivity index (χ1) is 9.41. The molecule has 2 heteroatoms. The molecule has 1 atom stereocenters. The van der Waals surface area contributed by atoms with Crippen molar-refractivity contribution in [3.8, 4) is 0 Å². The predicted molar refractivity (Wildman–Crippen MR) is 86.8 cm³/mol. The molecule has 0 spiro atoms. The number of nitrogens with zero attached hydrogens (tertiary/aromatic N) is 1. The van der Waals surface area contributed by atoms with E-state index in [0.29, 0.717) is 5.92 Å². The molecule has 2 N–H and O–H groups in total. The van der Waals surface area contributed by atoms with Crippen LogP contribution in [0, 0.1) is 5.92 Å². The van der Waals surface area contributed by atoms with Crippen LogP contribution in [0.25, 0.3) is 0 Å². The van der Waals surface area contributed by atoms with Crippen LogP contribution in [0.2, 0.25) is 0 Å². The second kappa shape index (κ2) is 6.28. The zero-order valence-corrected chi connectivity index (χ0v) is 13.5. The molecule has 1 saturated heterocycles. The molecule has 0 radical (unpaired) electrons. The summed E-state index contributed by atoms with van der Waals surface area (Å²) in [5.41, 5.74) is 9.33. The first-order valence-electron chi connectivity index (χ1n) is 8.00. The van der Waals surface area contributed by atoms with E-state index < -0.39 is 0 Å². The highest BCUT2D eigenvalue weighted by Crippen LogP contribution is 2.32. The van der Waals surface area contributed by atoms with Gasteiger partial charge in [-0.1, -0.05) is 38.1 Å². The van der Waals surface area contributed by atoms with Gasteiger partial charge in [0.2, 0.25) is 0 Å². The van der Waals surface area contributed by atoms with Crippen LogP contribution < -0.4 is 5.73 Å². The van der Waals surface area contributed by atoms with Crippen molar-refractivity contribution < 1.29 is 0 Å². The summed E-state index contributed by atoms with van der Waals surface area (Å²) >= 11 is 0. The van der Waals surface area contributed by atoms with E-state index in [1.54, 1.807) is 0 Å². The van der Waals surface area contributed by atoms with Gasteiger partial charge in [-0.25, -0.2) is 0 Å². The fourth-order valence-electron chi connectivity index (χ4n) is 3.28. The van der Waals surface area contributed by atoms with Crippen molar-refractivity contribution in [3.05, 3.63) is 35.4 Å². The molecule has 1 fully saturated rings. The number of rotatable bonds is 5. The lowest BCUT2D eigenvalue weighted by atomic mass is 9.86. The first-order valence-corrected chi connectivity index (χ1v) is 8.00. The largest absolute Gasteiger partial charge is 0.322 e. The van der Waals surface area contributed by atoms with Gasteiger partial charge in [-0.3, -0.25) is 4.90 Å². The van der Waals surface area contributed by atoms with E-state index in [-0.39, 0.29) is 11.6 Å². The van der Waals surface area contributed by atoms with Gasteiger partial charge < -0.3 is 5.73 Å². The van der Waals surface area contributed by atoms with E-state index in [2.05, 4.69) is 56.9 Å². The summed E-state index contributed by atoms with van der Waals surface area (Å²) in [5.74, 6) is 0.688. The maximum Gasteiger partial charge on any atom is 0.0476 e. The van der Waals surface area contributed by atoms with Gasteiger partial charge in [0.15, 0.2) is 0 Å². The molecule has 0 aromatic heterocycles. The number of hydrogen-bond donors (Lipinski definition) is 1. The van der Waals surface area contributed by atoms with Gasteiger partial charge >= 0.3 is 0 Å². The zero-order valence-electron chi connectivity index (χ0n) is 13.5. The molecular formula is C18H30N2. The minimum absolute atomic E-state index is 0.0347. The third kappa shape index (κ3) is 3.42. The van der Waals surface area contributed by atoms with Crippen LogP contribution in [-0.4, -0.2) is 23.5 Å². The van der Waals surface area contributed by atoms with E-state index in [0.717, 1.165) is 6.42 Å². The number of benzene rings is 1. The Morgan fingerprint density at radius 2 is 1.85 bits per heavy atom. The van der Waals surface area contributed by atoms with Crippen LogP contribution in [0.5, 0.6) is 0 Å². The van der Waals surface area contributed by atoms with E-state index in [1.165, 1.54) is 37.1 Å². The Morgan fingerprint density at radius 1 is 1.20 bits per heavy atom. The van der Waals surface area contributed by atoms with E-state index >= 15 is 0 Å². The van der Waals surface area contributed by atoms with Gasteiger partial charge in [-0.2, -0.15) is 0 Å². The molecule has 0 bridgehead atoms. The van der Waals surface area contributed by atoms with E-state index in [1.807, 2.05) is 0 Å². The first kappa shape index (κ1) is 15.5. The highest BCUT2D eigenvalue weighted by molar-refractivity contribution is 5.28. The molecule has 1 aromatic carbocycles. The Balaban J connectivity index is 2.17. The second-order valence-corrected chi connectivity index (χ2v) is 7.17. The van der Waals surface area contributed by atoms with Gasteiger partial charge in [0.05, 0.1) is 0 Å². The van der Waals surface area contributed by atoms with Gasteiger partial charge in [0, 0.05) is 11.6 Å². The van der Waals surface area contributed by atoms with Gasteiger partial charge in [-0.15, -0.1) is 0 Å². The van der Waals surface area contributed by atoms with Crippen molar-refractivity contribution in [1.82, 2.24) is 4.90 Å². The minimum atomic E-state index is 0.0347. The quantitative estimate of drug-likeness (QED) is 0.886. The summed E-state index contributed by atoms with van der Waals surface area (Å²) in [5, 5.41) is 0. The SMILES string of the molecule is CC(C)Cc1cccc(C(N)C(C)(C)N2CCCC2)c1. The fourth-order valence-corrected chi connectivity index (χ4v) is 3.28. The third-order valence-corrected chi connectivity index (χ3v) is 4.64. The maximum atomic E-state index is 6.61. The molecule has 1 aliphatic rings. The van der Waals surface area contributed by atoms with Gasteiger partial charge in [-0.05, 0) is 63.2 Å². The molecule has 0 saturated carbocycles. The highest BCUT2D eigenvalue weighted by atomic mass is 15.2. The lowest BCUT2D eigenvalue weighted by Gasteiger charge is -2.40. The summed E-state index contributed by atoms with van der Waals surface area (Å²) in [7, 11) is 0. The summed E-state index contributed by atoms with van der Waals surface area (Å²) in [6.45, 7) is 11.5. The Labute approximate surface area is 124 Å². The van der Waals surface area contributed by atoms with E-state index in [9.17, 15) is 0 Å². The fraction of sp³-hybridized carbons (Fsp3) is 0.667. The number of likely N-dealkylation sites (tertiary alicyclic amines) is 1. The zero-order chi connectivity index (χ0) is 14.8. The van der Waals surface area contributed by atoms with Gasteiger partial charge in [0.1, 0.15) is 0 Å². The van der Waals surface area contributed by atoms with Crippen molar-refractivity contribution in [3.63, 3.8) is 0 Å². The summed E-state index contributed by atoms with van der Waals surface area (Å²) in [6, 6.07) is 8.95. The highest BCUT2D eigenvalue weighted by Gasteiger charge is 2.35. The molecule has 1 aliphatic heterocycles. The van der Waals surface area contributed by atoms with Crippen molar-refractivity contribution in [2.75, 3.05) is 13.1 Å². The van der Waals surface area contributed by atoms with Crippen molar-refractivity contribution in [2.45, 2.75) is 58.5 Å². The molecule has 1 unspecified atom stereocenters. The second-order valence-electron chi connectivity index (χ2n) is 7.17. The number of nitrogens with two attached hydrogens (primary N) is 1. The molecular weight excluding hydrogens is 244 g/mol. The monoisotopic (exact) mass is 274 g/mol. The lowest BCUT2D eigenvalue weighted by Crippen LogP contribution is -2.49. The van der Waals surface area contributed by atoms with Crippen molar-refractivity contribution in [2.24, 2.45) is 11.7 Å². The number of hydrogen-bond acceptors (Lipinski definition) is 2. The lowest BCUT2D eigenvalue weighted by molar-refractivity contribution is 0.124. The van der Waals surface area contributed by atoms with E-state index in [4.69, 9.17) is 5.73 Å². The van der Waals surface area contributed by atoms with Crippen molar-refractivity contribution >= 4 is 0 Å². The Kier molecular flexibility index (Phi) is 4.87. The van der Waals surface area contributed by atoms with Crippen LogP contribution in [0.4, 0.5) is 0 Å². The van der Waals surface area contributed by atoms with Crippen LogP contribution in [0.1, 0.15) is 57.7 Å². The third-order valence-electron chi connectivity index (χ3n) is 4.64. The topological polar surface area (TPSA) is 29.3 Å². The average molecular weight is 274 g/mol. The van der Waals surface area contributed by atoms with Crippen LogP contribution in [0.3, 0.4) is 0 Å². The van der Waals surface area contributed by atoms with Crippen LogP contribution in [-0.2, 0) is 6.42 Å². The molecule has 1 heterocycles. The van der Waals surface area contributed by atoms with Crippen LogP contribution in [0.15, 0.2) is 24.3 Å². The van der Waals surface area contributed by atoms with Crippen LogP contribution >= 0.6 is 0 Å². The normalized spacial score (nSPS) is 18.7. The average Bonchev–Trinajstić information content (AvgIpc) is 2.92.